The van der Waals surface area contributed by atoms with Gasteiger partial charge in [0.1, 0.15) is 6.10 Å². The van der Waals surface area contributed by atoms with Crippen LogP contribution in [0.5, 0.6) is 0 Å². The molecule has 4 nitrogen and oxygen atoms in total. The van der Waals surface area contributed by atoms with Crippen LogP contribution in [0, 0.1) is 0 Å². The normalized spacial score (nSPS) is 12.5. The first-order valence-electron chi connectivity index (χ1n) is 3.58. The molecule has 72 valence electrons. The first kappa shape index (κ1) is 10.6. The number of hydrogen-bond donors (Lipinski definition) is 3. The average molecular weight is 265 g/mol. The summed E-state index contributed by atoms with van der Waals surface area (Å²) in [5.41, 5.74) is 5.12. The Bertz CT molecular complexity index is 302. The number of anilines is 1. The van der Waals surface area contributed by atoms with Gasteiger partial charge in [0.05, 0.1) is 8.79 Å². The molecule has 1 amide bonds. The molecule has 1 unspecified atom stereocenters. The van der Waals surface area contributed by atoms with Gasteiger partial charge in [-0.1, -0.05) is 0 Å². The Morgan fingerprint density at radius 2 is 2.46 bits per heavy atom. The zero-order chi connectivity index (χ0) is 9.84. The summed E-state index contributed by atoms with van der Waals surface area (Å²) < 4.78 is 0.921. The van der Waals surface area contributed by atoms with Crippen LogP contribution in [0.25, 0.3) is 0 Å². The van der Waals surface area contributed by atoms with Gasteiger partial charge in [0.2, 0.25) is 0 Å². The van der Waals surface area contributed by atoms with Crippen molar-refractivity contribution < 1.29 is 9.90 Å². The molecule has 0 aliphatic heterocycles. The van der Waals surface area contributed by atoms with E-state index in [4.69, 9.17) is 10.8 Å². The fourth-order valence-electron chi connectivity index (χ4n) is 0.693. The Labute approximate surface area is 87.9 Å². The molecule has 1 aromatic heterocycles. The van der Waals surface area contributed by atoms with Crippen molar-refractivity contribution in [2.45, 2.75) is 6.10 Å². The molecule has 0 bridgehead atoms. The second-order valence-electron chi connectivity index (χ2n) is 2.34. The predicted molar refractivity (Wildman–Crippen MR) is 55.7 cm³/mol. The molecule has 13 heavy (non-hydrogen) atoms. The molecule has 4 N–H and O–H groups in total. The van der Waals surface area contributed by atoms with E-state index in [0.29, 0.717) is 5.00 Å². The van der Waals surface area contributed by atoms with Crippen molar-refractivity contribution in [3.63, 3.8) is 0 Å². The van der Waals surface area contributed by atoms with E-state index in [2.05, 4.69) is 21.2 Å². The summed E-state index contributed by atoms with van der Waals surface area (Å²) in [5.74, 6) is -0.475. The maximum Gasteiger partial charge on any atom is 0.255 e. The predicted octanol–water partition coefficient (Wildman–Crippen LogP) is 0.769. The molecule has 1 atom stereocenters. The summed E-state index contributed by atoms with van der Waals surface area (Å²) in [5, 5.41) is 12.3. The number of nitrogens with two attached hydrogens (primary N) is 1. The van der Waals surface area contributed by atoms with Crippen molar-refractivity contribution in [1.29, 1.82) is 0 Å². The van der Waals surface area contributed by atoms with Crippen LogP contribution in [0.3, 0.4) is 0 Å². The third-order valence-electron chi connectivity index (χ3n) is 1.35. The van der Waals surface area contributed by atoms with Crippen molar-refractivity contribution in [3.05, 3.63) is 15.9 Å². The lowest BCUT2D eigenvalue weighted by Crippen LogP contribution is -2.33. The summed E-state index contributed by atoms with van der Waals surface area (Å²) in [7, 11) is 0. The Morgan fingerprint density at radius 3 is 2.92 bits per heavy atom. The van der Waals surface area contributed by atoms with Crippen LogP contribution in [-0.2, 0) is 4.79 Å². The summed E-state index contributed by atoms with van der Waals surface area (Å²) in [6, 6.07) is 3.56. The summed E-state index contributed by atoms with van der Waals surface area (Å²) in [6.45, 7) is -0.0711. The first-order valence-corrected chi connectivity index (χ1v) is 5.18. The lowest BCUT2D eigenvalue weighted by molar-refractivity contribution is -0.123. The monoisotopic (exact) mass is 264 g/mol. The van der Waals surface area contributed by atoms with E-state index in [1.807, 2.05) is 6.07 Å². The quantitative estimate of drug-likeness (QED) is 0.755. The van der Waals surface area contributed by atoms with Gasteiger partial charge in [-0.05, 0) is 28.1 Å². The number of hydrogen-bond acceptors (Lipinski definition) is 4. The van der Waals surface area contributed by atoms with Crippen molar-refractivity contribution in [2.24, 2.45) is 5.73 Å². The van der Waals surface area contributed by atoms with Gasteiger partial charge in [-0.15, -0.1) is 11.3 Å². The molecule has 1 heterocycles. The van der Waals surface area contributed by atoms with E-state index >= 15 is 0 Å². The van der Waals surface area contributed by atoms with Crippen LogP contribution in [0.4, 0.5) is 5.00 Å². The minimum Gasteiger partial charge on any atom is -0.382 e. The van der Waals surface area contributed by atoms with Crippen LogP contribution in [0.1, 0.15) is 0 Å². The van der Waals surface area contributed by atoms with Gasteiger partial charge >= 0.3 is 0 Å². The lowest BCUT2D eigenvalue weighted by atomic mass is 10.3. The zero-order valence-corrected chi connectivity index (χ0v) is 9.06. The molecule has 0 radical (unpaired) electrons. The van der Waals surface area contributed by atoms with E-state index < -0.39 is 12.0 Å². The van der Waals surface area contributed by atoms with E-state index in [9.17, 15) is 4.79 Å². The number of thiophene rings is 1. The highest BCUT2D eigenvalue weighted by Gasteiger charge is 2.13. The standard InChI is InChI=1S/C7H9BrN2O2S/c8-5-1-2-6(13-5)10-7(12)4(11)3-9/h1-2,4,11H,3,9H2,(H,10,12). The SMILES string of the molecule is NCC(O)C(=O)Nc1ccc(Br)s1. The summed E-state index contributed by atoms with van der Waals surface area (Å²) in [4.78, 5) is 11.1. The van der Waals surface area contributed by atoms with Gasteiger partial charge in [-0.25, -0.2) is 0 Å². The highest BCUT2D eigenvalue weighted by molar-refractivity contribution is 9.11. The van der Waals surface area contributed by atoms with Crippen LogP contribution in [0.2, 0.25) is 0 Å². The van der Waals surface area contributed by atoms with Gasteiger partial charge in [-0.3, -0.25) is 4.79 Å². The number of carbonyl (C=O) groups is 1. The molecule has 0 spiro atoms. The molecule has 0 fully saturated rings. The Morgan fingerprint density at radius 1 is 1.77 bits per heavy atom. The van der Waals surface area contributed by atoms with Crippen LogP contribution >= 0.6 is 27.3 Å². The van der Waals surface area contributed by atoms with E-state index in [1.165, 1.54) is 11.3 Å². The summed E-state index contributed by atoms with van der Waals surface area (Å²) in [6.07, 6.45) is -1.14. The van der Waals surface area contributed by atoms with Crippen molar-refractivity contribution in [1.82, 2.24) is 0 Å². The molecule has 0 aliphatic carbocycles. The molecule has 6 heteroatoms. The third kappa shape index (κ3) is 3.07. The molecule has 0 aromatic carbocycles. The zero-order valence-electron chi connectivity index (χ0n) is 6.66. The largest absolute Gasteiger partial charge is 0.382 e. The highest BCUT2D eigenvalue weighted by atomic mass is 79.9. The Balaban J connectivity index is 2.54. The average Bonchev–Trinajstić information content (AvgIpc) is 2.49. The van der Waals surface area contributed by atoms with Gasteiger partial charge in [0.15, 0.2) is 0 Å². The third-order valence-corrected chi connectivity index (χ3v) is 2.88. The minimum absolute atomic E-state index is 0.0711. The smallest absolute Gasteiger partial charge is 0.255 e. The molecular formula is C7H9BrN2O2S. The second-order valence-corrected chi connectivity index (χ2v) is 4.81. The van der Waals surface area contributed by atoms with Gasteiger partial charge < -0.3 is 16.2 Å². The number of halogens is 1. The highest BCUT2D eigenvalue weighted by Crippen LogP contribution is 2.26. The van der Waals surface area contributed by atoms with Gasteiger partial charge in [0, 0.05) is 6.54 Å². The van der Waals surface area contributed by atoms with Crippen molar-refractivity contribution >= 4 is 38.2 Å². The fraction of sp³-hybridized carbons (Fsp3) is 0.286. The number of nitrogens with one attached hydrogen (secondary N) is 1. The Kier molecular flexibility index (Phi) is 3.86. The van der Waals surface area contributed by atoms with Gasteiger partial charge in [0.25, 0.3) is 5.91 Å². The maximum atomic E-state index is 11.1. The second kappa shape index (κ2) is 4.71. The minimum atomic E-state index is -1.14. The van der Waals surface area contributed by atoms with E-state index in [1.54, 1.807) is 6.07 Å². The fourth-order valence-corrected chi connectivity index (χ4v) is 1.98. The summed E-state index contributed by atoms with van der Waals surface area (Å²) >= 11 is 4.63. The first-order chi connectivity index (χ1) is 6.13. The van der Waals surface area contributed by atoms with E-state index in [-0.39, 0.29) is 6.54 Å². The number of aliphatic hydroxyl groups is 1. The van der Waals surface area contributed by atoms with Crippen LogP contribution in [0.15, 0.2) is 15.9 Å². The molecule has 0 aliphatic rings. The molecule has 0 saturated heterocycles. The molecular weight excluding hydrogens is 256 g/mol. The topological polar surface area (TPSA) is 75.3 Å². The van der Waals surface area contributed by atoms with Crippen molar-refractivity contribution in [3.8, 4) is 0 Å². The Hall–Kier alpha value is -0.430. The lowest BCUT2D eigenvalue weighted by Gasteiger charge is -2.06. The molecule has 1 rings (SSSR count). The van der Waals surface area contributed by atoms with Crippen LogP contribution < -0.4 is 11.1 Å². The number of carbonyl (C=O) groups excluding carboxylic acids is 1. The molecule has 0 saturated carbocycles. The number of aliphatic hydroxyl groups excluding tert-OH is 1. The van der Waals surface area contributed by atoms with Crippen molar-refractivity contribution in [2.75, 3.05) is 11.9 Å². The van der Waals surface area contributed by atoms with E-state index in [0.717, 1.165) is 3.79 Å². The molecule has 1 aromatic rings. The number of rotatable bonds is 3. The number of amides is 1. The van der Waals surface area contributed by atoms with Gasteiger partial charge in [-0.2, -0.15) is 0 Å². The maximum absolute atomic E-state index is 11.1. The van der Waals surface area contributed by atoms with Crippen LogP contribution in [-0.4, -0.2) is 23.7 Å².